The van der Waals surface area contributed by atoms with E-state index in [2.05, 4.69) is 32.6 Å². The van der Waals surface area contributed by atoms with Crippen molar-refractivity contribution in [3.63, 3.8) is 0 Å². The van der Waals surface area contributed by atoms with Crippen LogP contribution in [0.25, 0.3) is 0 Å². The molecular weight excluding hydrogens is 355 g/mol. The van der Waals surface area contributed by atoms with Crippen LogP contribution >= 0.6 is 0 Å². The van der Waals surface area contributed by atoms with E-state index in [9.17, 15) is 14.3 Å². The smallest absolute Gasteiger partial charge is 0.337 e. The van der Waals surface area contributed by atoms with Gasteiger partial charge in [0.25, 0.3) is 0 Å². The molecule has 0 aromatic rings. The second-order valence-corrected chi connectivity index (χ2v) is 9.32. The molecule has 0 bridgehead atoms. The van der Waals surface area contributed by atoms with Crippen molar-refractivity contribution in [3.8, 4) is 0 Å². The summed E-state index contributed by atoms with van der Waals surface area (Å²) in [6, 6.07) is 0. The third kappa shape index (κ3) is 4.42. The lowest BCUT2D eigenvalue weighted by Crippen LogP contribution is -2.37. The maximum atomic E-state index is 12.4. The average Bonchev–Trinajstić information content (AvgIpc) is 3.04. The molecule has 156 valence electrons. The number of hydrogen-bond acceptors (Lipinski definition) is 3. The van der Waals surface area contributed by atoms with Crippen LogP contribution in [0.2, 0.25) is 0 Å². The van der Waals surface area contributed by atoms with E-state index >= 15 is 0 Å². The minimum atomic E-state index is -1.04. The van der Waals surface area contributed by atoms with Gasteiger partial charge >= 0.3 is 5.97 Å². The topological polar surface area (TPSA) is 46.5 Å². The minimum Gasteiger partial charge on any atom is -0.463 e. The first kappa shape index (κ1) is 21.3. The number of rotatable bonds is 5. The number of aliphatic hydroxyl groups excluding tert-OH is 1. The normalized spacial score (nSPS) is 37.1. The van der Waals surface area contributed by atoms with Crippen molar-refractivity contribution in [1.82, 2.24) is 0 Å². The van der Waals surface area contributed by atoms with Crippen molar-refractivity contribution in [1.29, 1.82) is 0 Å². The predicted molar refractivity (Wildman–Crippen MR) is 109 cm³/mol. The summed E-state index contributed by atoms with van der Waals surface area (Å²) < 4.78 is 17.5. The fourth-order valence-electron chi connectivity index (χ4n) is 5.99. The number of fused-ring (bicyclic) bond motifs is 1. The largest absolute Gasteiger partial charge is 0.463 e. The lowest BCUT2D eigenvalue weighted by Gasteiger charge is -2.44. The van der Waals surface area contributed by atoms with Gasteiger partial charge in [-0.3, -0.25) is 0 Å². The molecule has 0 aromatic carbocycles. The van der Waals surface area contributed by atoms with Gasteiger partial charge in [0, 0.05) is 0 Å². The van der Waals surface area contributed by atoms with Crippen molar-refractivity contribution < 1.29 is 19.0 Å². The van der Waals surface area contributed by atoms with Crippen LogP contribution in [-0.2, 0) is 9.53 Å². The highest BCUT2D eigenvalue weighted by Gasteiger charge is 2.50. The molecule has 28 heavy (non-hydrogen) atoms. The van der Waals surface area contributed by atoms with Crippen molar-refractivity contribution in [2.24, 2.45) is 23.2 Å². The number of carbonyl (C=O) groups excluding carboxylic acids is 1. The molecule has 0 radical (unpaired) electrons. The van der Waals surface area contributed by atoms with E-state index in [-0.39, 0.29) is 17.4 Å². The lowest BCUT2D eigenvalue weighted by molar-refractivity contribution is -0.147. The molecule has 0 spiro atoms. The van der Waals surface area contributed by atoms with Crippen LogP contribution in [0.1, 0.15) is 65.2 Å². The molecule has 3 aliphatic rings. The minimum absolute atomic E-state index is 0.215. The van der Waals surface area contributed by atoms with Crippen molar-refractivity contribution in [2.45, 2.75) is 71.3 Å². The van der Waals surface area contributed by atoms with E-state index in [1.165, 1.54) is 30.4 Å². The molecule has 4 heteroatoms. The molecule has 3 saturated carbocycles. The number of alkyl halides is 1. The highest BCUT2D eigenvalue weighted by atomic mass is 19.1. The van der Waals surface area contributed by atoms with E-state index < -0.39 is 12.6 Å². The monoisotopic (exact) mass is 390 g/mol. The first-order valence-electron chi connectivity index (χ1n) is 10.8. The Hall–Kier alpha value is -1.42. The maximum absolute atomic E-state index is 12.4. The third-order valence-corrected chi connectivity index (χ3v) is 7.53. The van der Waals surface area contributed by atoms with Crippen LogP contribution < -0.4 is 0 Å². The summed E-state index contributed by atoms with van der Waals surface area (Å²) in [6.45, 7) is 7.98. The van der Waals surface area contributed by atoms with E-state index in [4.69, 9.17) is 4.74 Å². The molecule has 3 nitrogen and oxygen atoms in total. The summed E-state index contributed by atoms with van der Waals surface area (Å²) in [5.41, 5.74) is 4.09. The van der Waals surface area contributed by atoms with Crippen molar-refractivity contribution in [3.05, 3.63) is 35.5 Å². The van der Waals surface area contributed by atoms with Crippen molar-refractivity contribution >= 4 is 5.97 Å². The number of halogens is 1. The van der Waals surface area contributed by atoms with Gasteiger partial charge in [-0.25, -0.2) is 9.18 Å². The summed E-state index contributed by atoms with van der Waals surface area (Å²) in [5.74, 6) is 0.547. The molecule has 5 atom stereocenters. The zero-order chi connectivity index (χ0) is 20.3. The molecule has 0 saturated heterocycles. The predicted octanol–water partition coefficient (Wildman–Crippen LogP) is 5.31. The van der Waals surface area contributed by atoms with Gasteiger partial charge in [-0.05, 0) is 80.1 Å². The Kier molecular flexibility index (Phi) is 6.80. The number of esters is 1. The number of aliphatic hydroxyl groups is 1. The number of carbonyl (C=O) groups is 1. The standard InChI is InChI=1S/C24H35FO3/c1-16-6-9-20(26)13-19(16)8-7-18-5-4-12-24(3)21(10-11-22(18)24)17(2)15-28-23(27)14-25/h7-8,17,20-22,26H,1,4-6,9-15H2,2-3H3. The van der Waals surface area contributed by atoms with Crippen LogP contribution in [0.15, 0.2) is 35.5 Å². The lowest BCUT2D eigenvalue weighted by atomic mass is 9.61. The van der Waals surface area contributed by atoms with Crippen LogP contribution in [0.3, 0.4) is 0 Å². The third-order valence-electron chi connectivity index (χ3n) is 7.53. The number of allylic oxidation sites excluding steroid dienone is 4. The first-order valence-corrected chi connectivity index (χ1v) is 10.8. The Morgan fingerprint density at radius 1 is 1.36 bits per heavy atom. The van der Waals surface area contributed by atoms with E-state index in [0.717, 1.165) is 31.3 Å². The molecule has 3 aliphatic carbocycles. The van der Waals surface area contributed by atoms with Gasteiger partial charge < -0.3 is 9.84 Å². The molecule has 0 amide bonds. The molecule has 0 aromatic heterocycles. The highest BCUT2D eigenvalue weighted by molar-refractivity contribution is 5.70. The number of ether oxygens (including phenoxy) is 1. The van der Waals surface area contributed by atoms with E-state index in [0.29, 0.717) is 24.9 Å². The van der Waals surface area contributed by atoms with Crippen LogP contribution in [-0.4, -0.2) is 30.5 Å². The second kappa shape index (κ2) is 8.94. The van der Waals surface area contributed by atoms with E-state index in [1.807, 2.05) is 0 Å². The van der Waals surface area contributed by atoms with Gasteiger partial charge in [-0.1, -0.05) is 43.7 Å². The summed E-state index contributed by atoms with van der Waals surface area (Å²) in [4.78, 5) is 11.2. The molecule has 0 heterocycles. The molecular formula is C24H35FO3. The summed E-state index contributed by atoms with van der Waals surface area (Å²) in [5, 5.41) is 9.97. The van der Waals surface area contributed by atoms with Crippen LogP contribution in [0, 0.1) is 23.2 Å². The quantitative estimate of drug-likeness (QED) is 0.648. The molecule has 0 aliphatic heterocycles. The second-order valence-electron chi connectivity index (χ2n) is 9.32. The summed E-state index contributed by atoms with van der Waals surface area (Å²) in [6.07, 6.45) is 12.5. The highest BCUT2D eigenvalue weighted by Crippen LogP contribution is 2.59. The number of hydrogen-bond donors (Lipinski definition) is 1. The Morgan fingerprint density at radius 3 is 2.89 bits per heavy atom. The Bertz CT molecular complexity index is 665. The van der Waals surface area contributed by atoms with Gasteiger partial charge in [0.15, 0.2) is 6.67 Å². The molecule has 5 unspecified atom stereocenters. The van der Waals surface area contributed by atoms with Crippen molar-refractivity contribution in [2.75, 3.05) is 13.3 Å². The van der Waals surface area contributed by atoms with E-state index in [1.54, 1.807) is 0 Å². The first-order chi connectivity index (χ1) is 13.3. The van der Waals surface area contributed by atoms with Crippen LogP contribution in [0.5, 0.6) is 0 Å². The molecule has 3 fully saturated rings. The maximum Gasteiger partial charge on any atom is 0.337 e. The molecule has 3 rings (SSSR count). The van der Waals surface area contributed by atoms with Gasteiger partial charge in [0.2, 0.25) is 0 Å². The Morgan fingerprint density at radius 2 is 2.14 bits per heavy atom. The van der Waals surface area contributed by atoms with Gasteiger partial charge in [0.05, 0.1) is 12.7 Å². The van der Waals surface area contributed by atoms with Crippen LogP contribution in [0.4, 0.5) is 4.39 Å². The van der Waals surface area contributed by atoms with Gasteiger partial charge in [-0.15, -0.1) is 0 Å². The van der Waals surface area contributed by atoms with Gasteiger partial charge in [0.1, 0.15) is 0 Å². The zero-order valence-electron chi connectivity index (χ0n) is 17.4. The molecule has 1 N–H and O–H groups in total. The average molecular weight is 391 g/mol. The Labute approximate surface area is 168 Å². The summed E-state index contributed by atoms with van der Waals surface area (Å²) in [7, 11) is 0. The Balaban J connectivity index is 1.72. The SMILES string of the molecule is C=C1CCC(O)CC1=CC=C1CCCC2(C)C1CCC2C(C)COC(=O)CF. The van der Waals surface area contributed by atoms with Gasteiger partial charge in [-0.2, -0.15) is 0 Å². The fraction of sp³-hybridized carbons (Fsp3) is 0.708. The zero-order valence-corrected chi connectivity index (χ0v) is 17.4. The summed E-state index contributed by atoms with van der Waals surface area (Å²) >= 11 is 0. The fourth-order valence-corrected chi connectivity index (χ4v) is 5.99.